The quantitative estimate of drug-likeness (QED) is 0.147. The minimum Gasteiger partial charge on any atom is -0.505 e. The SMILES string of the molecule is C#C.CC.CC.CCCN(CC)C(=O)c1cccc(N=C(N)CNCc2ccccc2)c1O.N=CC(=N)N. The molecule has 0 saturated carbocycles. The number of phenols is 1. The number of carbonyl (C=O) groups is 1. The van der Waals surface area contributed by atoms with Gasteiger partial charge in [-0.2, -0.15) is 0 Å². The number of terminal acetylenes is 1. The molecule has 0 bridgehead atoms. The second-order valence-corrected chi connectivity index (χ2v) is 6.85. The minimum absolute atomic E-state index is 0.136. The Morgan fingerprint density at radius 1 is 1.05 bits per heavy atom. The number of rotatable bonds is 10. The van der Waals surface area contributed by atoms with Gasteiger partial charge in [0.2, 0.25) is 0 Å². The van der Waals surface area contributed by atoms with Gasteiger partial charge >= 0.3 is 0 Å². The van der Waals surface area contributed by atoms with Crippen molar-refractivity contribution in [1.82, 2.24) is 10.2 Å². The lowest BCUT2D eigenvalue weighted by atomic mass is 10.1. The van der Waals surface area contributed by atoms with Gasteiger partial charge in [-0.25, -0.2) is 4.99 Å². The highest BCUT2D eigenvalue weighted by Crippen LogP contribution is 2.31. The Morgan fingerprint density at radius 2 is 1.61 bits per heavy atom. The van der Waals surface area contributed by atoms with Crippen LogP contribution in [0.15, 0.2) is 53.5 Å². The summed E-state index contributed by atoms with van der Waals surface area (Å²) in [7, 11) is 0. The summed E-state index contributed by atoms with van der Waals surface area (Å²) in [6.07, 6.45) is 9.64. The lowest BCUT2D eigenvalue weighted by molar-refractivity contribution is 0.0761. The Bertz CT molecular complexity index is 958. The van der Waals surface area contributed by atoms with Gasteiger partial charge in [-0.1, -0.05) is 71.0 Å². The number of amides is 1. The third-order valence-electron chi connectivity index (χ3n) is 4.31. The van der Waals surface area contributed by atoms with Crippen LogP contribution in [0.5, 0.6) is 5.75 Å². The zero-order valence-electron chi connectivity index (χ0n) is 23.8. The van der Waals surface area contributed by atoms with E-state index in [2.05, 4.69) is 28.9 Å². The van der Waals surface area contributed by atoms with Crippen LogP contribution in [0, 0.1) is 23.7 Å². The molecule has 0 aliphatic carbocycles. The van der Waals surface area contributed by atoms with Gasteiger partial charge < -0.3 is 32.2 Å². The lowest BCUT2D eigenvalue weighted by Gasteiger charge is -2.20. The van der Waals surface area contributed by atoms with Gasteiger partial charge in [0.15, 0.2) is 5.75 Å². The third kappa shape index (κ3) is 16.5. The van der Waals surface area contributed by atoms with Crippen LogP contribution in [0.4, 0.5) is 5.69 Å². The smallest absolute Gasteiger partial charge is 0.257 e. The monoisotopic (exact) mass is 525 g/mol. The lowest BCUT2D eigenvalue weighted by Crippen LogP contribution is -2.31. The summed E-state index contributed by atoms with van der Waals surface area (Å²) < 4.78 is 0. The topological polar surface area (TPSA) is 165 Å². The molecule has 0 atom stereocenters. The third-order valence-corrected chi connectivity index (χ3v) is 4.31. The largest absolute Gasteiger partial charge is 0.505 e. The van der Waals surface area contributed by atoms with E-state index in [1.165, 1.54) is 0 Å². The van der Waals surface area contributed by atoms with E-state index < -0.39 is 0 Å². The molecular formula is C29H47N7O2. The molecule has 0 unspecified atom stereocenters. The van der Waals surface area contributed by atoms with Gasteiger partial charge in [-0.3, -0.25) is 10.2 Å². The summed E-state index contributed by atoms with van der Waals surface area (Å²) in [6.45, 7) is 14.2. The summed E-state index contributed by atoms with van der Waals surface area (Å²) in [5.74, 6) is -0.200. The van der Waals surface area contributed by atoms with Crippen LogP contribution >= 0.6 is 0 Å². The number of carbonyl (C=O) groups excluding carboxylic acids is 1. The number of benzene rings is 2. The number of nitrogens with two attached hydrogens (primary N) is 2. The average Bonchev–Trinajstić information content (AvgIpc) is 2.96. The van der Waals surface area contributed by atoms with E-state index in [0.29, 0.717) is 37.7 Å². The molecule has 2 aromatic rings. The predicted molar refractivity (Wildman–Crippen MR) is 163 cm³/mol. The van der Waals surface area contributed by atoms with E-state index in [0.717, 1.165) is 18.2 Å². The molecule has 9 nitrogen and oxygen atoms in total. The van der Waals surface area contributed by atoms with Gasteiger partial charge in [-0.15, -0.1) is 12.8 Å². The fourth-order valence-electron chi connectivity index (χ4n) is 2.76. The van der Waals surface area contributed by atoms with E-state index >= 15 is 0 Å². The summed E-state index contributed by atoms with van der Waals surface area (Å²) in [4.78, 5) is 18.6. The van der Waals surface area contributed by atoms with Crippen molar-refractivity contribution in [3.8, 4) is 18.6 Å². The Labute approximate surface area is 229 Å². The zero-order valence-corrected chi connectivity index (χ0v) is 23.8. The van der Waals surface area contributed by atoms with Gasteiger partial charge in [0.1, 0.15) is 17.4 Å². The molecule has 0 fully saturated rings. The van der Waals surface area contributed by atoms with Crippen LogP contribution in [-0.2, 0) is 6.54 Å². The zero-order chi connectivity index (χ0) is 29.9. The number of hydrogen-bond acceptors (Lipinski definition) is 6. The maximum absolute atomic E-state index is 12.6. The molecule has 0 radical (unpaired) electrons. The van der Waals surface area contributed by atoms with Crippen LogP contribution < -0.4 is 16.8 Å². The Morgan fingerprint density at radius 3 is 2.08 bits per heavy atom. The molecule has 0 saturated heterocycles. The predicted octanol–water partition coefficient (Wildman–Crippen LogP) is 4.92. The van der Waals surface area contributed by atoms with Crippen LogP contribution in [0.1, 0.15) is 63.9 Å². The highest BCUT2D eigenvalue weighted by atomic mass is 16.3. The van der Waals surface area contributed by atoms with Crippen molar-refractivity contribution in [2.75, 3.05) is 19.6 Å². The van der Waals surface area contributed by atoms with E-state index in [9.17, 15) is 9.90 Å². The maximum atomic E-state index is 12.6. The first-order valence-corrected chi connectivity index (χ1v) is 12.7. The van der Waals surface area contributed by atoms with Crippen LogP contribution in [0.3, 0.4) is 0 Å². The Kier molecular flexibility index (Phi) is 26.2. The molecule has 38 heavy (non-hydrogen) atoms. The molecule has 0 aliphatic rings. The summed E-state index contributed by atoms with van der Waals surface area (Å²) in [5.41, 5.74) is 12.3. The maximum Gasteiger partial charge on any atom is 0.257 e. The highest BCUT2D eigenvalue weighted by molar-refractivity contribution is 6.25. The van der Waals surface area contributed by atoms with Gasteiger partial charge in [0.25, 0.3) is 5.91 Å². The number of para-hydroxylation sites is 1. The number of aromatic hydroxyl groups is 1. The number of nitrogens with zero attached hydrogens (tertiary/aromatic N) is 2. The standard InChI is InChI=1S/C21H28N4O2.C2H5N3.2C2H6.C2H2/c1-3-13-25(4-2)21(27)17-11-8-12-18(20(17)26)24-19(22)15-23-14-16-9-6-5-7-10-16;3-1-2(4)5;3*1-2/h5-12,23,26H,3-4,13-15H2,1-2H3,(H2,22,24);1,3H,(H3,4,5);2*1-2H3;1-2H. The molecule has 0 heterocycles. The molecule has 9 heteroatoms. The fraction of sp³-hybridized carbons (Fsp3) is 0.379. The second-order valence-electron chi connectivity index (χ2n) is 6.85. The summed E-state index contributed by atoms with van der Waals surface area (Å²) in [5, 5.41) is 26.2. The van der Waals surface area contributed by atoms with Crippen molar-refractivity contribution in [2.45, 2.75) is 54.5 Å². The average molecular weight is 526 g/mol. The molecule has 0 spiro atoms. The van der Waals surface area contributed by atoms with Crippen molar-refractivity contribution in [3.63, 3.8) is 0 Å². The molecule has 0 aromatic heterocycles. The Balaban J connectivity index is -0.000000962. The minimum atomic E-state index is -0.204. The van der Waals surface area contributed by atoms with Gasteiger partial charge in [0.05, 0.1) is 18.3 Å². The molecule has 2 aromatic carbocycles. The molecule has 210 valence electrons. The molecule has 2 rings (SSSR count). The molecular weight excluding hydrogens is 478 g/mol. The normalized spacial score (nSPS) is 9.32. The van der Waals surface area contributed by atoms with Crippen LogP contribution in [0.2, 0.25) is 0 Å². The molecule has 8 N–H and O–H groups in total. The number of amidine groups is 2. The first-order valence-electron chi connectivity index (χ1n) is 12.7. The number of nitrogens with one attached hydrogen (secondary N) is 3. The van der Waals surface area contributed by atoms with Crippen molar-refractivity contribution in [3.05, 3.63) is 59.7 Å². The summed E-state index contributed by atoms with van der Waals surface area (Å²) in [6, 6.07) is 14.9. The second kappa shape index (κ2) is 25.9. The number of phenolic OH excluding ortho intramolecular Hbond substituents is 1. The number of hydrogen-bond donors (Lipinski definition) is 6. The van der Waals surface area contributed by atoms with E-state index in [1.807, 2.05) is 71.9 Å². The van der Waals surface area contributed by atoms with Crippen molar-refractivity contribution >= 4 is 29.5 Å². The Hall–Kier alpha value is -4.16. The van der Waals surface area contributed by atoms with Crippen molar-refractivity contribution in [2.24, 2.45) is 16.5 Å². The van der Waals surface area contributed by atoms with Crippen molar-refractivity contribution in [1.29, 1.82) is 10.8 Å². The fourth-order valence-corrected chi connectivity index (χ4v) is 2.76. The van der Waals surface area contributed by atoms with Gasteiger partial charge in [-0.05, 0) is 31.0 Å². The summed E-state index contributed by atoms with van der Waals surface area (Å²) >= 11 is 0. The van der Waals surface area contributed by atoms with Crippen LogP contribution in [0.25, 0.3) is 0 Å². The van der Waals surface area contributed by atoms with Crippen molar-refractivity contribution < 1.29 is 9.90 Å². The van der Waals surface area contributed by atoms with Gasteiger partial charge in [0, 0.05) is 19.6 Å². The first kappa shape index (κ1) is 38.4. The van der Waals surface area contributed by atoms with Crippen LogP contribution in [-0.4, -0.2) is 53.4 Å². The highest BCUT2D eigenvalue weighted by Gasteiger charge is 2.19. The van der Waals surface area contributed by atoms with E-state index in [4.69, 9.17) is 16.6 Å². The molecule has 0 aliphatic heterocycles. The number of aliphatic imine (C=N–C) groups is 1. The van der Waals surface area contributed by atoms with E-state index in [1.54, 1.807) is 23.1 Å². The van der Waals surface area contributed by atoms with E-state index in [-0.39, 0.29) is 23.1 Å². The first-order chi connectivity index (χ1) is 18.3. The molecule has 1 amide bonds.